The van der Waals surface area contributed by atoms with E-state index >= 15 is 0 Å². The first-order valence-electron chi connectivity index (χ1n) is 5.02. The zero-order valence-electron chi connectivity index (χ0n) is 8.96. The molecular formula is C12H12N4. The van der Waals surface area contributed by atoms with E-state index in [1.165, 1.54) is 6.20 Å². The predicted octanol–water partition coefficient (Wildman–Crippen LogP) is 1.95. The Morgan fingerprint density at radius 1 is 1.38 bits per heavy atom. The van der Waals surface area contributed by atoms with Crippen molar-refractivity contribution in [3.63, 3.8) is 0 Å². The first-order chi connectivity index (χ1) is 7.74. The smallest absolute Gasteiger partial charge is 0.140 e. The Balaban J connectivity index is 2.39. The number of aromatic nitrogens is 2. The molecule has 1 aromatic heterocycles. The van der Waals surface area contributed by atoms with Crippen LogP contribution in [0.1, 0.15) is 24.1 Å². The Kier molecular flexibility index (Phi) is 2.61. The number of rotatable bonds is 2. The second kappa shape index (κ2) is 4.07. The zero-order valence-corrected chi connectivity index (χ0v) is 8.96. The highest BCUT2D eigenvalue weighted by Crippen LogP contribution is 2.21. The molecule has 0 radical (unpaired) electrons. The van der Waals surface area contributed by atoms with E-state index in [9.17, 15) is 0 Å². The number of benzene rings is 1. The molecule has 0 aliphatic carbocycles. The molecule has 16 heavy (non-hydrogen) atoms. The normalized spacial score (nSPS) is 12.0. The minimum absolute atomic E-state index is 0.0308. The van der Waals surface area contributed by atoms with E-state index in [4.69, 9.17) is 11.0 Å². The van der Waals surface area contributed by atoms with E-state index in [0.29, 0.717) is 11.4 Å². The van der Waals surface area contributed by atoms with Gasteiger partial charge in [-0.2, -0.15) is 10.4 Å². The number of hydrogen-bond acceptors (Lipinski definition) is 3. The maximum atomic E-state index is 8.80. The van der Waals surface area contributed by atoms with Crippen LogP contribution in [0.3, 0.4) is 0 Å². The lowest BCUT2D eigenvalue weighted by molar-refractivity contribution is 0.573. The van der Waals surface area contributed by atoms with Crippen molar-refractivity contribution in [2.24, 2.45) is 0 Å². The fourth-order valence-electron chi connectivity index (χ4n) is 1.64. The van der Waals surface area contributed by atoms with Gasteiger partial charge < -0.3 is 5.73 Å². The Bertz CT molecular complexity index is 522. The Morgan fingerprint density at radius 3 is 2.62 bits per heavy atom. The van der Waals surface area contributed by atoms with Crippen molar-refractivity contribution in [2.45, 2.75) is 13.0 Å². The highest BCUT2D eigenvalue weighted by atomic mass is 15.3. The maximum Gasteiger partial charge on any atom is 0.140 e. The summed E-state index contributed by atoms with van der Waals surface area (Å²) in [6.07, 6.45) is 1.49. The number of nitrogen functional groups attached to an aromatic ring is 1. The van der Waals surface area contributed by atoms with Crippen molar-refractivity contribution in [1.82, 2.24) is 9.78 Å². The molecule has 1 aromatic carbocycles. The molecule has 4 heteroatoms. The van der Waals surface area contributed by atoms with Gasteiger partial charge in [-0.05, 0) is 12.5 Å². The summed E-state index contributed by atoms with van der Waals surface area (Å²) in [5.41, 5.74) is 7.36. The van der Waals surface area contributed by atoms with Gasteiger partial charge in [0.1, 0.15) is 17.5 Å². The first kappa shape index (κ1) is 10.2. The van der Waals surface area contributed by atoms with Crippen LogP contribution >= 0.6 is 0 Å². The minimum Gasteiger partial charge on any atom is -0.383 e. The minimum atomic E-state index is 0.0308. The predicted molar refractivity (Wildman–Crippen MR) is 61.6 cm³/mol. The molecule has 0 spiro atoms. The van der Waals surface area contributed by atoms with Gasteiger partial charge in [-0.15, -0.1) is 0 Å². The molecule has 2 N–H and O–H groups in total. The quantitative estimate of drug-likeness (QED) is 0.827. The molecular weight excluding hydrogens is 200 g/mol. The zero-order chi connectivity index (χ0) is 11.5. The number of nitrogens with two attached hydrogens (primary N) is 1. The summed E-state index contributed by atoms with van der Waals surface area (Å²) < 4.78 is 1.66. The van der Waals surface area contributed by atoms with Gasteiger partial charge in [0.15, 0.2) is 0 Å². The first-order valence-corrected chi connectivity index (χ1v) is 5.02. The van der Waals surface area contributed by atoms with E-state index in [1.54, 1.807) is 4.68 Å². The summed E-state index contributed by atoms with van der Waals surface area (Å²) in [5, 5.41) is 12.9. The van der Waals surface area contributed by atoms with Gasteiger partial charge in [-0.25, -0.2) is 4.68 Å². The molecule has 0 fully saturated rings. The number of anilines is 1. The molecule has 0 aliphatic rings. The molecule has 0 amide bonds. The van der Waals surface area contributed by atoms with Crippen LogP contribution in [0.4, 0.5) is 5.82 Å². The van der Waals surface area contributed by atoms with Crippen molar-refractivity contribution in [3.8, 4) is 6.07 Å². The topological polar surface area (TPSA) is 67.6 Å². The largest absolute Gasteiger partial charge is 0.383 e. The van der Waals surface area contributed by atoms with E-state index in [1.807, 2.05) is 43.3 Å². The summed E-state index contributed by atoms with van der Waals surface area (Å²) in [5.74, 6) is 0.416. The number of nitrogens with zero attached hydrogens (tertiary/aromatic N) is 3. The third kappa shape index (κ3) is 1.63. The molecule has 1 atom stereocenters. The molecule has 2 aromatic rings. The van der Waals surface area contributed by atoms with Crippen LogP contribution in [-0.2, 0) is 0 Å². The second-order valence-corrected chi connectivity index (χ2v) is 3.59. The fraction of sp³-hybridized carbons (Fsp3) is 0.167. The summed E-state index contributed by atoms with van der Waals surface area (Å²) in [4.78, 5) is 0. The van der Waals surface area contributed by atoms with Gasteiger partial charge in [0.05, 0.1) is 12.2 Å². The molecule has 0 saturated carbocycles. The molecule has 0 saturated heterocycles. The van der Waals surface area contributed by atoms with E-state index < -0.39 is 0 Å². The Morgan fingerprint density at radius 2 is 2.06 bits per heavy atom. The highest BCUT2D eigenvalue weighted by molar-refractivity contribution is 5.48. The summed E-state index contributed by atoms with van der Waals surface area (Å²) in [6.45, 7) is 2.00. The Hall–Kier alpha value is -2.28. The monoisotopic (exact) mass is 212 g/mol. The van der Waals surface area contributed by atoms with Gasteiger partial charge in [0.25, 0.3) is 0 Å². The van der Waals surface area contributed by atoms with Gasteiger partial charge in [0, 0.05) is 0 Å². The third-order valence-corrected chi connectivity index (χ3v) is 2.60. The Labute approximate surface area is 93.9 Å². The van der Waals surface area contributed by atoms with Gasteiger partial charge in [-0.3, -0.25) is 0 Å². The van der Waals surface area contributed by atoms with Crippen LogP contribution in [0.15, 0.2) is 36.5 Å². The lowest BCUT2D eigenvalue weighted by atomic mass is 10.1. The lowest BCUT2D eigenvalue weighted by Crippen LogP contribution is -2.11. The average Bonchev–Trinajstić information content (AvgIpc) is 2.70. The van der Waals surface area contributed by atoms with Crippen LogP contribution in [0, 0.1) is 11.3 Å². The van der Waals surface area contributed by atoms with E-state index in [2.05, 4.69) is 5.10 Å². The summed E-state index contributed by atoms with van der Waals surface area (Å²) in [7, 11) is 0. The molecule has 0 bridgehead atoms. The molecule has 1 unspecified atom stereocenters. The van der Waals surface area contributed by atoms with Crippen LogP contribution < -0.4 is 5.73 Å². The standard InChI is InChI=1S/C12H12N4/c1-9(10-5-3-2-4-6-10)16-12(14)11(7-13)8-15-16/h2-6,8-9H,14H2,1H3. The van der Waals surface area contributed by atoms with Gasteiger partial charge in [-0.1, -0.05) is 30.3 Å². The molecule has 0 aliphatic heterocycles. The molecule has 1 heterocycles. The van der Waals surface area contributed by atoms with Crippen LogP contribution in [0.5, 0.6) is 0 Å². The van der Waals surface area contributed by atoms with Crippen LogP contribution in [-0.4, -0.2) is 9.78 Å². The molecule has 2 rings (SSSR count). The number of nitriles is 1. The van der Waals surface area contributed by atoms with Crippen molar-refractivity contribution in [3.05, 3.63) is 47.7 Å². The molecule has 4 nitrogen and oxygen atoms in total. The second-order valence-electron chi connectivity index (χ2n) is 3.59. The van der Waals surface area contributed by atoms with E-state index in [0.717, 1.165) is 5.56 Å². The van der Waals surface area contributed by atoms with Crippen LogP contribution in [0.2, 0.25) is 0 Å². The van der Waals surface area contributed by atoms with Crippen LogP contribution in [0.25, 0.3) is 0 Å². The van der Waals surface area contributed by atoms with Crippen molar-refractivity contribution < 1.29 is 0 Å². The van der Waals surface area contributed by atoms with Crippen molar-refractivity contribution in [2.75, 3.05) is 5.73 Å². The number of hydrogen-bond donors (Lipinski definition) is 1. The highest BCUT2D eigenvalue weighted by Gasteiger charge is 2.13. The van der Waals surface area contributed by atoms with Gasteiger partial charge in [0.2, 0.25) is 0 Å². The maximum absolute atomic E-state index is 8.80. The fourth-order valence-corrected chi connectivity index (χ4v) is 1.64. The molecule has 80 valence electrons. The van der Waals surface area contributed by atoms with Crippen molar-refractivity contribution >= 4 is 5.82 Å². The lowest BCUT2D eigenvalue weighted by Gasteiger charge is -2.13. The summed E-state index contributed by atoms with van der Waals surface area (Å²) in [6, 6.07) is 12.0. The van der Waals surface area contributed by atoms with Gasteiger partial charge >= 0.3 is 0 Å². The van der Waals surface area contributed by atoms with Crippen molar-refractivity contribution in [1.29, 1.82) is 5.26 Å². The van der Waals surface area contributed by atoms with E-state index in [-0.39, 0.29) is 6.04 Å². The average molecular weight is 212 g/mol. The summed E-state index contributed by atoms with van der Waals surface area (Å²) >= 11 is 0. The third-order valence-electron chi connectivity index (χ3n) is 2.60. The SMILES string of the molecule is CC(c1ccccc1)n1ncc(C#N)c1N.